The van der Waals surface area contributed by atoms with E-state index in [1.165, 1.54) is 4.31 Å². The highest BCUT2D eigenvalue weighted by Crippen LogP contribution is 2.16. The predicted molar refractivity (Wildman–Crippen MR) is 85.5 cm³/mol. The van der Waals surface area contributed by atoms with Crippen LogP contribution in [-0.2, 0) is 21.4 Å². The summed E-state index contributed by atoms with van der Waals surface area (Å²) in [5.74, 6) is -0.240. The molecule has 7 heteroatoms. The molecule has 1 aliphatic rings. The fourth-order valence-corrected chi connectivity index (χ4v) is 4.14. The molecule has 22 heavy (non-hydrogen) atoms. The van der Waals surface area contributed by atoms with Gasteiger partial charge in [-0.2, -0.15) is 17.4 Å². The fraction of sp³-hybridized carbons (Fsp3) is 0.533. The van der Waals surface area contributed by atoms with Crippen molar-refractivity contribution in [2.24, 2.45) is 0 Å². The van der Waals surface area contributed by atoms with Crippen LogP contribution < -0.4 is 10.0 Å². The van der Waals surface area contributed by atoms with Gasteiger partial charge in [0.05, 0.1) is 0 Å². The average Bonchev–Trinajstić information content (AvgIpc) is 2.62. The Hall–Kier alpha value is -1.44. The van der Waals surface area contributed by atoms with Crippen LogP contribution in [-0.4, -0.2) is 43.8 Å². The van der Waals surface area contributed by atoms with E-state index < -0.39 is 16.3 Å². The van der Waals surface area contributed by atoms with Gasteiger partial charge in [0, 0.05) is 19.1 Å². The fourth-order valence-electron chi connectivity index (χ4n) is 2.54. The summed E-state index contributed by atoms with van der Waals surface area (Å²) in [6, 6.07) is 8.53. The number of rotatable bonds is 5. The van der Waals surface area contributed by atoms with Crippen molar-refractivity contribution in [3.8, 4) is 0 Å². The van der Waals surface area contributed by atoms with Gasteiger partial charge >= 0.3 is 0 Å². The molecule has 0 aromatic heterocycles. The van der Waals surface area contributed by atoms with Gasteiger partial charge in [0.25, 0.3) is 10.2 Å². The molecule has 122 valence electrons. The number of nitrogens with one attached hydrogen (secondary N) is 2. The Morgan fingerprint density at radius 3 is 2.64 bits per heavy atom. The maximum Gasteiger partial charge on any atom is 0.280 e. The smallest absolute Gasteiger partial charge is 0.280 e. The minimum absolute atomic E-state index is 0.214. The average molecular weight is 325 g/mol. The first-order chi connectivity index (χ1) is 10.4. The largest absolute Gasteiger partial charge is 0.355 e. The molecule has 0 spiro atoms. The number of benzene rings is 1. The van der Waals surface area contributed by atoms with Crippen LogP contribution in [0.5, 0.6) is 0 Å². The quantitative estimate of drug-likeness (QED) is 0.835. The molecule has 1 fully saturated rings. The van der Waals surface area contributed by atoms with Crippen molar-refractivity contribution in [2.75, 3.05) is 13.1 Å². The summed E-state index contributed by atoms with van der Waals surface area (Å²) in [5, 5.41) is 2.80. The van der Waals surface area contributed by atoms with Gasteiger partial charge in [0.15, 0.2) is 0 Å². The maximum absolute atomic E-state index is 12.5. The molecule has 0 saturated carbocycles. The van der Waals surface area contributed by atoms with Gasteiger partial charge < -0.3 is 5.32 Å². The molecule has 1 unspecified atom stereocenters. The van der Waals surface area contributed by atoms with Crippen molar-refractivity contribution in [1.29, 1.82) is 0 Å². The molecule has 0 radical (unpaired) electrons. The van der Waals surface area contributed by atoms with Crippen LogP contribution in [0.15, 0.2) is 30.3 Å². The molecule has 1 atom stereocenters. The minimum atomic E-state index is -3.69. The molecule has 2 rings (SSSR count). The highest BCUT2D eigenvalue weighted by Gasteiger charge is 2.36. The van der Waals surface area contributed by atoms with E-state index in [0.29, 0.717) is 25.9 Å². The summed E-state index contributed by atoms with van der Waals surface area (Å²) < 4.78 is 28.9. The third-order valence-corrected chi connectivity index (χ3v) is 5.29. The van der Waals surface area contributed by atoms with Crippen molar-refractivity contribution in [1.82, 2.24) is 14.3 Å². The zero-order valence-electron chi connectivity index (χ0n) is 13.0. The monoisotopic (exact) mass is 325 g/mol. The molecular weight excluding hydrogens is 302 g/mol. The Morgan fingerprint density at radius 1 is 1.32 bits per heavy atom. The van der Waals surface area contributed by atoms with Crippen molar-refractivity contribution in [3.63, 3.8) is 0 Å². The number of hydrogen-bond donors (Lipinski definition) is 2. The standard InChI is InChI=1S/C15H23N3O3S/c1-12(2)17-22(20,21)18-10-6-9-16-15(19)14(18)11-13-7-4-3-5-8-13/h3-5,7-8,12,14,17H,6,9-11H2,1-2H3,(H,16,19). The summed E-state index contributed by atoms with van der Waals surface area (Å²) in [6.45, 7) is 4.36. The number of carbonyl (C=O) groups excluding carboxylic acids is 1. The van der Waals surface area contributed by atoms with Crippen LogP contribution in [0.2, 0.25) is 0 Å². The predicted octanol–water partition coefficient (Wildman–Crippen LogP) is 0.662. The lowest BCUT2D eigenvalue weighted by Crippen LogP contribution is -2.53. The van der Waals surface area contributed by atoms with Crippen LogP contribution in [0.1, 0.15) is 25.8 Å². The first-order valence-electron chi connectivity index (χ1n) is 7.51. The summed E-state index contributed by atoms with van der Waals surface area (Å²) in [7, 11) is -3.69. The highest BCUT2D eigenvalue weighted by molar-refractivity contribution is 7.87. The maximum atomic E-state index is 12.5. The summed E-state index contributed by atoms with van der Waals surface area (Å²) >= 11 is 0. The molecule has 1 aromatic rings. The molecule has 0 bridgehead atoms. The molecule has 1 heterocycles. The molecule has 0 aliphatic carbocycles. The van der Waals surface area contributed by atoms with Gasteiger partial charge in [-0.15, -0.1) is 0 Å². The van der Waals surface area contributed by atoms with Gasteiger partial charge in [0.2, 0.25) is 5.91 Å². The van der Waals surface area contributed by atoms with E-state index >= 15 is 0 Å². The van der Waals surface area contributed by atoms with Gasteiger partial charge in [-0.1, -0.05) is 30.3 Å². The van der Waals surface area contributed by atoms with E-state index in [-0.39, 0.29) is 11.9 Å². The minimum Gasteiger partial charge on any atom is -0.355 e. The molecule has 6 nitrogen and oxygen atoms in total. The SMILES string of the molecule is CC(C)NS(=O)(=O)N1CCCNC(=O)C1Cc1ccccc1. The lowest BCUT2D eigenvalue weighted by molar-refractivity contribution is -0.124. The van der Waals surface area contributed by atoms with Crippen LogP contribution >= 0.6 is 0 Å². The van der Waals surface area contributed by atoms with Gasteiger partial charge in [0.1, 0.15) is 6.04 Å². The number of amides is 1. The number of carbonyl (C=O) groups is 1. The first-order valence-corrected chi connectivity index (χ1v) is 8.95. The first kappa shape index (κ1) is 16.9. The zero-order chi connectivity index (χ0) is 16.2. The highest BCUT2D eigenvalue weighted by atomic mass is 32.2. The molecule has 2 N–H and O–H groups in total. The van der Waals surface area contributed by atoms with Crippen molar-refractivity contribution in [2.45, 2.75) is 38.8 Å². The van der Waals surface area contributed by atoms with Gasteiger partial charge in [-0.05, 0) is 32.3 Å². The van der Waals surface area contributed by atoms with Crippen LogP contribution in [0, 0.1) is 0 Å². The van der Waals surface area contributed by atoms with Crippen LogP contribution in [0.3, 0.4) is 0 Å². The van der Waals surface area contributed by atoms with Crippen molar-refractivity contribution < 1.29 is 13.2 Å². The lowest BCUT2D eigenvalue weighted by atomic mass is 10.1. The van der Waals surface area contributed by atoms with Crippen molar-refractivity contribution in [3.05, 3.63) is 35.9 Å². The summed E-state index contributed by atoms with van der Waals surface area (Å²) in [6.07, 6.45) is 0.974. The number of hydrogen-bond acceptors (Lipinski definition) is 3. The second-order valence-corrected chi connectivity index (χ2v) is 7.39. The topological polar surface area (TPSA) is 78.5 Å². The second-order valence-electron chi connectivity index (χ2n) is 5.74. The van der Waals surface area contributed by atoms with Crippen molar-refractivity contribution >= 4 is 16.1 Å². The Kier molecular flexibility index (Phi) is 5.55. The Morgan fingerprint density at radius 2 is 2.00 bits per heavy atom. The zero-order valence-corrected chi connectivity index (χ0v) is 13.8. The lowest BCUT2D eigenvalue weighted by Gasteiger charge is -2.28. The molecule has 1 aliphatic heterocycles. The molecular formula is C15H23N3O3S. The van der Waals surface area contributed by atoms with E-state index in [1.807, 2.05) is 30.3 Å². The van der Waals surface area contributed by atoms with E-state index in [4.69, 9.17) is 0 Å². The Balaban J connectivity index is 2.28. The third kappa shape index (κ3) is 4.28. The summed E-state index contributed by atoms with van der Waals surface area (Å²) in [5.41, 5.74) is 0.939. The van der Waals surface area contributed by atoms with Gasteiger partial charge in [-0.25, -0.2) is 0 Å². The Labute approximate surface area is 132 Å². The normalized spacial score (nSPS) is 20.7. The van der Waals surface area contributed by atoms with E-state index in [0.717, 1.165) is 5.56 Å². The Bertz CT molecular complexity index is 602. The van der Waals surface area contributed by atoms with E-state index in [1.54, 1.807) is 13.8 Å². The molecule has 1 saturated heterocycles. The number of nitrogens with zero attached hydrogens (tertiary/aromatic N) is 1. The van der Waals surface area contributed by atoms with E-state index in [9.17, 15) is 13.2 Å². The van der Waals surface area contributed by atoms with Gasteiger partial charge in [-0.3, -0.25) is 4.79 Å². The van der Waals surface area contributed by atoms with E-state index in [2.05, 4.69) is 10.0 Å². The third-order valence-electron chi connectivity index (χ3n) is 3.47. The molecule has 1 amide bonds. The second kappa shape index (κ2) is 7.21. The van der Waals surface area contributed by atoms with Crippen LogP contribution in [0.4, 0.5) is 0 Å². The molecule has 1 aromatic carbocycles. The van der Waals surface area contributed by atoms with Crippen LogP contribution in [0.25, 0.3) is 0 Å². The summed E-state index contributed by atoms with van der Waals surface area (Å²) in [4.78, 5) is 12.3.